The van der Waals surface area contributed by atoms with Crippen molar-refractivity contribution >= 4 is 21.9 Å². The standard InChI is InChI=1S/C17H14BrNO4/c1-2-22-15-8-12(9-19)7-14(18)16(15)23-10-11-3-5-13(6-4-11)17(20)21/h3-8H,2,10H2,1H3,(H,20,21). The van der Waals surface area contributed by atoms with Gasteiger partial charge in [0.05, 0.1) is 28.3 Å². The number of hydrogen-bond donors (Lipinski definition) is 1. The molecule has 0 aromatic heterocycles. The maximum atomic E-state index is 10.8. The van der Waals surface area contributed by atoms with Crippen LogP contribution >= 0.6 is 15.9 Å². The summed E-state index contributed by atoms with van der Waals surface area (Å²) in [5.74, 6) is 0.0275. The normalized spacial score (nSPS) is 9.96. The summed E-state index contributed by atoms with van der Waals surface area (Å²) in [6.45, 7) is 2.55. The molecule has 0 aliphatic carbocycles. The van der Waals surface area contributed by atoms with Crippen molar-refractivity contribution in [2.24, 2.45) is 0 Å². The second-order valence-electron chi connectivity index (χ2n) is 4.62. The minimum absolute atomic E-state index is 0.225. The van der Waals surface area contributed by atoms with Crippen molar-refractivity contribution in [2.45, 2.75) is 13.5 Å². The molecule has 0 radical (unpaired) electrons. The molecule has 0 saturated carbocycles. The van der Waals surface area contributed by atoms with Gasteiger partial charge in [-0.25, -0.2) is 4.79 Å². The van der Waals surface area contributed by atoms with Gasteiger partial charge in [-0.05, 0) is 46.6 Å². The minimum Gasteiger partial charge on any atom is -0.490 e. The molecule has 5 nitrogen and oxygen atoms in total. The predicted molar refractivity (Wildman–Crippen MR) is 87.8 cm³/mol. The summed E-state index contributed by atoms with van der Waals surface area (Å²) in [6, 6.07) is 11.8. The second-order valence-corrected chi connectivity index (χ2v) is 5.48. The molecule has 23 heavy (non-hydrogen) atoms. The number of nitrogens with zero attached hydrogens (tertiary/aromatic N) is 1. The fourth-order valence-corrected chi connectivity index (χ4v) is 2.49. The molecule has 0 amide bonds. The Labute approximate surface area is 142 Å². The van der Waals surface area contributed by atoms with E-state index in [1.54, 1.807) is 24.3 Å². The Morgan fingerprint density at radius 3 is 2.52 bits per heavy atom. The first-order valence-corrected chi connectivity index (χ1v) is 7.66. The van der Waals surface area contributed by atoms with E-state index in [0.717, 1.165) is 5.56 Å². The van der Waals surface area contributed by atoms with Crippen molar-refractivity contribution in [1.82, 2.24) is 0 Å². The van der Waals surface area contributed by atoms with E-state index in [2.05, 4.69) is 22.0 Å². The first kappa shape index (κ1) is 16.8. The van der Waals surface area contributed by atoms with E-state index in [1.165, 1.54) is 12.1 Å². The Hall–Kier alpha value is -2.52. The van der Waals surface area contributed by atoms with Crippen LogP contribution < -0.4 is 9.47 Å². The highest BCUT2D eigenvalue weighted by Crippen LogP contribution is 2.37. The van der Waals surface area contributed by atoms with Crippen LogP contribution in [0.4, 0.5) is 0 Å². The number of hydrogen-bond acceptors (Lipinski definition) is 4. The number of benzene rings is 2. The van der Waals surface area contributed by atoms with Crippen LogP contribution in [0.1, 0.15) is 28.4 Å². The quantitative estimate of drug-likeness (QED) is 0.825. The van der Waals surface area contributed by atoms with Gasteiger partial charge in [-0.2, -0.15) is 5.26 Å². The molecular weight excluding hydrogens is 362 g/mol. The maximum Gasteiger partial charge on any atom is 0.335 e. The largest absolute Gasteiger partial charge is 0.490 e. The Morgan fingerprint density at radius 1 is 1.26 bits per heavy atom. The molecule has 2 aromatic rings. The number of carboxylic acids is 1. The zero-order chi connectivity index (χ0) is 16.8. The van der Waals surface area contributed by atoms with Crippen molar-refractivity contribution < 1.29 is 19.4 Å². The van der Waals surface area contributed by atoms with E-state index in [0.29, 0.717) is 28.1 Å². The molecular formula is C17H14BrNO4. The van der Waals surface area contributed by atoms with Gasteiger partial charge in [-0.3, -0.25) is 0 Å². The molecule has 0 bridgehead atoms. The maximum absolute atomic E-state index is 10.8. The Morgan fingerprint density at radius 2 is 1.96 bits per heavy atom. The fourth-order valence-electron chi connectivity index (χ4n) is 1.93. The van der Waals surface area contributed by atoms with Crippen LogP contribution in [0.2, 0.25) is 0 Å². The van der Waals surface area contributed by atoms with E-state index < -0.39 is 5.97 Å². The molecule has 0 heterocycles. The van der Waals surface area contributed by atoms with Gasteiger partial charge < -0.3 is 14.6 Å². The highest BCUT2D eigenvalue weighted by Gasteiger charge is 2.13. The lowest BCUT2D eigenvalue weighted by Crippen LogP contribution is -2.02. The summed E-state index contributed by atoms with van der Waals surface area (Å²) < 4.78 is 11.9. The molecule has 0 spiro atoms. The Balaban J connectivity index is 2.19. The van der Waals surface area contributed by atoms with Crippen molar-refractivity contribution in [3.63, 3.8) is 0 Å². The second kappa shape index (κ2) is 7.65. The lowest BCUT2D eigenvalue weighted by molar-refractivity contribution is 0.0697. The number of carboxylic acid groups (broad SMARTS) is 1. The van der Waals surface area contributed by atoms with Crippen molar-refractivity contribution in [3.8, 4) is 17.6 Å². The van der Waals surface area contributed by atoms with E-state index in [4.69, 9.17) is 19.8 Å². The van der Waals surface area contributed by atoms with Gasteiger partial charge in [0.2, 0.25) is 0 Å². The van der Waals surface area contributed by atoms with E-state index in [-0.39, 0.29) is 12.2 Å². The van der Waals surface area contributed by atoms with E-state index in [1.807, 2.05) is 6.92 Å². The van der Waals surface area contributed by atoms with E-state index in [9.17, 15) is 4.79 Å². The molecule has 6 heteroatoms. The van der Waals surface area contributed by atoms with Crippen LogP contribution in [0.15, 0.2) is 40.9 Å². The third kappa shape index (κ3) is 4.24. The summed E-state index contributed by atoms with van der Waals surface area (Å²) in [5, 5.41) is 17.9. The molecule has 0 fully saturated rings. The highest BCUT2D eigenvalue weighted by molar-refractivity contribution is 9.10. The van der Waals surface area contributed by atoms with Crippen LogP contribution in [0.25, 0.3) is 0 Å². The molecule has 1 N–H and O–H groups in total. The number of aromatic carboxylic acids is 1. The fraction of sp³-hybridized carbons (Fsp3) is 0.176. The Bertz CT molecular complexity index is 750. The molecule has 0 unspecified atom stereocenters. The van der Waals surface area contributed by atoms with Gasteiger partial charge in [0.15, 0.2) is 11.5 Å². The third-order valence-electron chi connectivity index (χ3n) is 3.02. The highest BCUT2D eigenvalue weighted by atomic mass is 79.9. The van der Waals surface area contributed by atoms with Gasteiger partial charge in [-0.15, -0.1) is 0 Å². The van der Waals surface area contributed by atoms with Gasteiger partial charge in [0.25, 0.3) is 0 Å². The minimum atomic E-state index is -0.967. The van der Waals surface area contributed by atoms with Crippen LogP contribution in [0.3, 0.4) is 0 Å². The van der Waals surface area contributed by atoms with Crippen LogP contribution in [0, 0.1) is 11.3 Å². The molecule has 2 rings (SSSR count). The SMILES string of the molecule is CCOc1cc(C#N)cc(Br)c1OCc1ccc(C(=O)O)cc1. The molecule has 0 atom stereocenters. The predicted octanol–water partition coefficient (Wildman–Crippen LogP) is 4.00. The Kier molecular flexibility index (Phi) is 5.61. The third-order valence-corrected chi connectivity index (χ3v) is 3.61. The van der Waals surface area contributed by atoms with Crippen molar-refractivity contribution in [2.75, 3.05) is 6.61 Å². The number of rotatable bonds is 6. The first-order chi connectivity index (χ1) is 11.0. The molecule has 0 saturated heterocycles. The van der Waals surface area contributed by atoms with Crippen LogP contribution in [0.5, 0.6) is 11.5 Å². The lowest BCUT2D eigenvalue weighted by atomic mass is 10.1. The average molecular weight is 376 g/mol. The van der Waals surface area contributed by atoms with Crippen LogP contribution in [-0.2, 0) is 6.61 Å². The lowest BCUT2D eigenvalue weighted by Gasteiger charge is -2.14. The number of halogens is 1. The van der Waals surface area contributed by atoms with Gasteiger partial charge in [0.1, 0.15) is 6.61 Å². The number of nitriles is 1. The zero-order valence-electron chi connectivity index (χ0n) is 12.4. The molecule has 118 valence electrons. The van der Waals surface area contributed by atoms with Crippen LogP contribution in [-0.4, -0.2) is 17.7 Å². The average Bonchev–Trinajstić information content (AvgIpc) is 2.54. The molecule has 0 aliphatic heterocycles. The van der Waals surface area contributed by atoms with Crippen molar-refractivity contribution in [1.29, 1.82) is 5.26 Å². The molecule has 2 aromatic carbocycles. The van der Waals surface area contributed by atoms with Gasteiger partial charge in [-0.1, -0.05) is 12.1 Å². The number of carbonyl (C=O) groups is 1. The summed E-state index contributed by atoms with van der Waals surface area (Å²) in [6.07, 6.45) is 0. The van der Waals surface area contributed by atoms with E-state index >= 15 is 0 Å². The monoisotopic (exact) mass is 375 g/mol. The zero-order valence-corrected chi connectivity index (χ0v) is 14.0. The smallest absolute Gasteiger partial charge is 0.335 e. The van der Waals surface area contributed by atoms with Gasteiger partial charge in [0, 0.05) is 6.07 Å². The molecule has 0 aliphatic rings. The summed E-state index contributed by atoms with van der Waals surface area (Å²) in [4.78, 5) is 10.8. The van der Waals surface area contributed by atoms with Crippen molar-refractivity contribution in [3.05, 3.63) is 57.6 Å². The van der Waals surface area contributed by atoms with Gasteiger partial charge >= 0.3 is 5.97 Å². The summed E-state index contributed by atoms with van der Waals surface area (Å²) >= 11 is 3.38. The number of ether oxygens (including phenoxy) is 2. The summed E-state index contributed by atoms with van der Waals surface area (Å²) in [7, 11) is 0. The summed E-state index contributed by atoms with van der Waals surface area (Å²) in [5.41, 5.74) is 1.52. The first-order valence-electron chi connectivity index (χ1n) is 6.86. The topological polar surface area (TPSA) is 79.5 Å².